The number of aryl methyl sites for hydroxylation is 1. The lowest BCUT2D eigenvalue weighted by Crippen LogP contribution is -2.12. The molecular weight excluding hydrogens is 418 g/mol. The van der Waals surface area contributed by atoms with Crippen molar-refractivity contribution in [1.82, 2.24) is 0 Å². The van der Waals surface area contributed by atoms with Crippen molar-refractivity contribution in [3.63, 3.8) is 0 Å². The van der Waals surface area contributed by atoms with E-state index in [9.17, 15) is 14.7 Å². The van der Waals surface area contributed by atoms with Crippen LogP contribution in [0.1, 0.15) is 60.5 Å². The van der Waals surface area contributed by atoms with Gasteiger partial charge in [0.2, 0.25) is 5.91 Å². The van der Waals surface area contributed by atoms with Gasteiger partial charge in [0, 0.05) is 18.1 Å². The molecule has 0 aromatic heterocycles. The second-order valence-corrected chi connectivity index (χ2v) is 7.65. The van der Waals surface area contributed by atoms with Gasteiger partial charge in [0.05, 0.1) is 36.6 Å². The summed E-state index contributed by atoms with van der Waals surface area (Å²) >= 11 is 6.19. The first kappa shape index (κ1) is 24.7. The number of halogens is 1. The Hall–Kier alpha value is -2.57. The van der Waals surface area contributed by atoms with E-state index < -0.39 is 0 Å². The van der Waals surface area contributed by atoms with Crippen LogP contribution in [0, 0.1) is 0 Å². The first-order valence-electron chi connectivity index (χ1n) is 10.5. The van der Waals surface area contributed by atoms with Crippen molar-refractivity contribution in [3.05, 3.63) is 58.1 Å². The molecule has 0 spiro atoms. The summed E-state index contributed by atoms with van der Waals surface area (Å²) in [7, 11) is 1.49. The molecule has 2 rings (SSSR count). The number of aliphatic hydroxyl groups excluding tert-OH is 1. The molecule has 0 bridgehead atoms. The molecule has 0 saturated carbocycles. The van der Waals surface area contributed by atoms with E-state index in [1.165, 1.54) is 7.11 Å². The molecule has 0 radical (unpaired) electrons. The van der Waals surface area contributed by atoms with Crippen LogP contribution in [-0.4, -0.2) is 30.7 Å². The minimum Gasteiger partial charge on any atom is -0.496 e. The number of benzene rings is 2. The maximum Gasteiger partial charge on any atom is 0.338 e. The molecule has 6 nitrogen and oxygen atoms in total. The summed E-state index contributed by atoms with van der Waals surface area (Å²) in [5.74, 6) is -0.0293. The third-order valence-electron chi connectivity index (χ3n) is 4.83. The predicted octanol–water partition coefficient (Wildman–Crippen LogP) is 5.15. The van der Waals surface area contributed by atoms with Crippen molar-refractivity contribution < 1.29 is 24.2 Å². The van der Waals surface area contributed by atoms with Gasteiger partial charge in [-0.1, -0.05) is 43.5 Å². The predicted molar refractivity (Wildman–Crippen MR) is 122 cm³/mol. The van der Waals surface area contributed by atoms with Crippen LogP contribution in [0.5, 0.6) is 5.75 Å². The van der Waals surface area contributed by atoms with Crippen molar-refractivity contribution in [2.45, 2.75) is 52.1 Å². The van der Waals surface area contributed by atoms with Gasteiger partial charge in [-0.15, -0.1) is 0 Å². The number of anilines is 1. The maximum absolute atomic E-state index is 12.3. The molecule has 2 aromatic carbocycles. The van der Waals surface area contributed by atoms with Crippen LogP contribution in [0.2, 0.25) is 5.02 Å². The van der Waals surface area contributed by atoms with Gasteiger partial charge in [0.25, 0.3) is 0 Å². The average molecular weight is 448 g/mol. The molecule has 0 fully saturated rings. The molecule has 31 heavy (non-hydrogen) atoms. The van der Waals surface area contributed by atoms with Crippen molar-refractivity contribution in [2.75, 3.05) is 19.0 Å². The Morgan fingerprint density at radius 3 is 2.65 bits per heavy atom. The molecule has 2 N–H and O–H groups in total. The SMILES string of the molecule is CCCCCOC(=O)c1cccc(CCCC(=O)Nc2cc(OC)c(CO)cc2Cl)c1. The Balaban J connectivity index is 1.85. The fraction of sp³-hybridized carbons (Fsp3) is 0.417. The summed E-state index contributed by atoms with van der Waals surface area (Å²) in [5, 5.41) is 12.4. The van der Waals surface area contributed by atoms with Crippen LogP contribution in [0.15, 0.2) is 36.4 Å². The van der Waals surface area contributed by atoms with Crippen LogP contribution in [0.3, 0.4) is 0 Å². The van der Waals surface area contributed by atoms with Gasteiger partial charge >= 0.3 is 5.97 Å². The Morgan fingerprint density at radius 1 is 1.13 bits per heavy atom. The summed E-state index contributed by atoms with van der Waals surface area (Å²) in [4.78, 5) is 24.5. The third-order valence-corrected chi connectivity index (χ3v) is 5.14. The van der Waals surface area contributed by atoms with Crippen molar-refractivity contribution in [3.8, 4) is 5.75 Å². The molecule has 168 valence electrons. The number of ether oxygens (including phenoxy) is 2. The van der Waals surface area contributed by atoms with Crippen molar-refractivity contribution >= 4 is 29.2 Å². The van der Waals surface area contributed by atoms with Crippen LogP contribution in [0.25, 0.3) is 0 Å². The molecule has 7 heteroatoms. The Morgan fingerprint density at radius 2 is 1.94 bits per heavy atom. The van der Waals surface area contributed by atoms with E-state index in [1.54, 1.807) is 18.2 Å². The van der Waals surface area contributed by atoms with Gasteiger partial charge in [-0.25, -0.2) is 4.79 Å². The second-order valence-electron chi connectivity index (χ2n) is 7.25. The van der Waals surface area contributed by atoms with E-state index in [1.807, 2.05) is 18.2 Å². The van der Waals surface area contributed by atoms with E-state index >= 15 is 0 Å². The summed E-state index contributed by atoms with van der Waals surface area (Å²) in [5.41, 5.74) is 2.49. The number of nitrogens with one attached hydrogen (secondary N) is 1. The molecule has 0 atom stereocenters. The van der Waals surface area contributed by atoms with Gasteiger partial charge < -0.3 is 19.9 Å². The molecule has 2 aromatic rings. The lowest BCUT2D eigenvalue weighted by molar-refractivity contribution is -0.116. The zero-order valence-electron chi connectivity index (χ0n) is 18.1. The average Bonchev–Trinajstić information content (AvgIpc) is 2.77. The highest BCUT2D eigenvalue weighted by atomic mass is 35.5. The zero-order chi connectivity index (χ0) is 22.6. The van der Waals surface area contributed by atoms with Crippen LogP contribution in [0.4, 0.5) is 5.69 Å². The minimum absolute atomic E-state index is 0.174. The van der Waals surface area contributed by atoms with Crippen LogP contribution >= 0.6 is 11.6 Å². The number of carbonyl (C=O) groups excluding carboxylic acids is 2. The largest absolute Gasteiger partial charge is 0.496 e. The number of hydrogen-bond acceptors (Lipinski definition) is 5. The molecule has 0 aliphatic carbocycles. The van der Waals surface area contributed by atoms with Crippen LogP contribution < -0.4 is 10.1 Å². The maximum atomic E-state index is 12.3. The Kier molecular flexibility index (Phi) is 10.3. The van der Waals surface area contributed by atoms with Gasteiger partial charge in [-0.2, -0.15) is 0 Å². The summed E-state index contributed by atoms with van der Waals surface area (Å²) in [6.07, 6.45) is 4.56. The van der Waals surface area contributed by atoms with Gasteiger partial charge in [-0.3, -0.25) is 4.79 Å². The molecule has 0 saturated heterocycles. The summed E-state index contributed by atoms with van der Waals surface area (Å²) in [6, 6.07) is 10.5. The standard InChI is InChI=1S/C24H30ClNO5/c1-3-4-5-12-31-24(29)18-10-6-8-17(13-18)9-7-11-23(28)26-21-15-22(30-2)19(16-27)14-20(21)25/h6,8,10,13-15,27H,3-5,7,9,11-12,16H2,1-2H3,(H,26,28). The highest BCUT2D eigenvalue weighted by Crippen LogP contribution is 2.31. The topological polar surface area (TPSA) is 84.9 Å². The molecule has 1 amide bonds. The fourth-order valence-electron chi connectivity index (χ4n) is 3.12. The van der Waals surface area contributed by atoms with Gasteiger partial charge in [0.15, 0.2) is 0 Å². The van der Waals surface area contributed by atoms with E-state index in [2.05, 4.69) is 12.2 Å². The summed E-state index contributed by atoms with van der Waals surface area (Å²) in [6.45, 7) is 2.33. The van der Waals surface area contributed by atoms with Gasteiger partial charge in [-0.05, 0) is 43.0 Å². The number of aliphatic hydroxyl groups is 1. The second kappa shape index (κ2) is 13.0. The van der Waals surface area contributed by atoms with Crippen molar-refractivity contribution in [1.29, 1.82) is 0 Å². The Bertz CT molecular complexity index is 884. The number of carbonyl (C=O) groups is 2. The number of rotatable bonds is 12. The third kappa shape index (κ3) is 7.89. The number of hydrogen-bond donors (Lipinski definition) is 2. The number of esters is 1. The summed E-state index contributed by atoms with van der Waals surface area (Å²) < 4.78 is 10.5. The highest BCUT2D eigenvalue weighted by molar-refractivity contribution is 6.33. The van der Waals surface area contributed by atoms with Crippen LogP contribution in [-0.2, 0) is 22.6 Å². The lowest BCUT2D eigenvalue weighted by Gasteiger charge is -2.12. The molecule has 0 aliphatic rings. The molecular formula is C24H30ClNO5. The Labute approximate surface area is 188 Å². The van der Waals surface area contributed by atoms with Gasteiger partial charge in [0.1, 0.15) is 5.75 Å². The number of unbranched alkanes of at least 4 members (excludes halogenated alkanes) is 2. The first-order chi connectivity index (χ1) is 15.0. The van der Waals surface area contributed by atoms with E-state index in [-0.39, 0.29) is 18.5 Å². The molecule has 0 aliphatic heterocycles. The number of amides is 1. The highest BCUT2D eigenvalue weighted by Gasteiger charge is 2.12. The normalized spacial score (nSPS) is 10.6. The monoisotopic (exact) mass is 447 g/mol. The zero-order valence-corrected chi connectivity index (χ0v) is 18.8. The smallest absolute Gasteiger partial charge is 0.338 e. The lowest BCUT2D eigenvalue weighted by atomic mass is 10.0. The molecule has 0 unspecified atom stereocenters. The quantitative estimate of drug-likeness (QED) is 0.347. The minimum atomic E-state index is -0.314. The fourth-order valence-corrected chi connectivity index (χ4v) is 3.36. The van der Waals surface area contributed by atoms with E-state index in [0.717, 1.165) is 24.8 Å². The number of methoxy groups -OCH3 is 1. The van der Waals surface area contributed by atoms with E-state index in [0.29, 0.717) is 53.5 Å². The first-order valence-corrected chi connectivity index (χ1v) is 10.9. The van der Waals surface area contributed by atoms with E-state index in [4.69, 9.17) is 21.1 Å². The molecule has 0 heterocycles. The van der Waals surface area contributed by atoms with Crippen molar-refractivity contribution in [2.24, 2.45) is 0 Å².